The minimum Gasteiger partial charge on any atom is -0.441 e. The number of anilines is 1. The van der Waals surface area contributed by atoms with E-state index in [-0.39, 0.29) is 5.91 Å². The van der Waals surface area contributed by atoms with E-state index >= 15 is 0 Å². The summed E-state index contributed by atoms with van der Waals surface area (Å²) in [6.45, 7) is 2.04. The second kappa shape index (κ2) is 6.87. The first-order chi connectivity index (χ1) is 11.2. The summed E-state index contributed by atoms with van der Waals surface area (Å²) < 4.78 is 5.71. The Bertz CT molecular complexity index is 780. The van der Waals surface area contributed by atoms with Gasteiger partial charge in [0.25, 0.3) is 0 Å². The van der Waals surface area contributed by atoms with Gasteiger partial charge in [-0.1, -0.05) is 29.8 Å². The predicted octanol–water partition coefficient (Wildman–Crippen LogP) is 3.62. The maximum Gasteiger partial charge on any atom is 0.224 e. The Balaban J connectivity index is 1.57. The maximum absolute atomic E-state index is 11.9. The van der Waals surface area contributed by atoms with Crippen LogP contribution in [-0.2, 0) is 11.2 Å². The maximum atomic E-state index is 11.9. The molecule has 0 aliphatic heterocycles. The van der Waals surface area contributed by atoms with E-state index < -0.39 is 0 Å². The Morgan fingerprint density at radius 3 is 2.61 bits per heavy atom. The van der Waals surface area contributed by atoms with E-state index in [1.807, 2.05) is 31.2 Å². The molecule has 3 rings (SSSR count). The highest BCUT2D eigenvalue weighted by Gasteiger charge is 2.09. The van der Waals surface area contributed by atoms with Gasteiger partial charge in [-0.3, -0.25) is 9.78 Å². The Kier molecular flexibility index (Phi) is 4.47. The molecule has 5 heteroatoms. The average Bonchev–Trinajstić information content (AvgIpc) is 3.04. The van der Waals surface area contributed by atoms with Gasteiger partial charge in [0, 0.05) is 36.5 Å². The van der Waals surface area contributed by atoms with Crippen LogP contribution in [0.3, 0.4) is 0 Å². The first-order valence-electron chi connectivity index (χ1n) is 7.42. The van der Waals surface area contributed by atoms with Crippen LogP contribution in [0.2, 0.25) is 0 Å². The van der Waals surface area contributed by atoms with E-state index in [4.69, 9.17) is 4.42 Å². The van der Waals surface area contributed by atoms with Crippen LogP contribution in [0.15, 0.2) is 59.4 Å². The lowest BCUT2D eigenvalue weighted by Gasteiger charge is -2.03. The van der Waals surface area contributed by atoms with Crippen LogP contribution in [-0.4, -0.2) is 15.9 Å². The molecule has 0 atom stereocenters. The molecular weight excluding hydrogens is 290 g/mol. The molecule has 3 aromatic rings. The zero-order valence-corrected chi connectivity index (χ0v) is 12.8. The zero-order valence-electron chi connectivity index (χ0n) is 12.8. The van der Waals surface area contributed by atoms with Gasteiger partial charge in [-0.25, -0.2) is 4.98 Å². The van der Waals surface area contributed by atoms with Crippen LogP contribution < -0.4 is 5.32 Å². The topological polar surface area (TPSA) is 68.0 Å². The van der Waals surface area contributed by atoms with Crippen LogP contribution in [0.4, 0.5) is 5.69 Å². The lowest BCUT2D eigenvalue weighted by atomic mass is 10.1. The Morgan fingerprint density at radius 1 is 1.13 bits per heavy atom. The van der Waals surface area contributed by atoms with Crippen LogP contribution >= 0.6 is 0 Å². The van der Waals surface area contributed by atoms with Crippen molar-refractivity contribution in [2.75, 3.05) is 5.32 Å². The van der Waals surface area contributed by atoms with Gasteiger partial charge in [0.15, 0.2) is 11.7 Å². The van der Waals surface area contributed by atoms with Crippen molar-refractivity contribution in [3.8, 4) is 11.3 Å². The second-order valence-corrected chi connectivity index (χ2v) is 5.27. The molecule has 0 aliphatic carbocycles. The van der Waals surface area contributed by atoms with E-state index in [1.54, 1.807) is 30.7 Å². The Hall–Kier alpha value is -2.95. The third-order valence-electron chi connectivity index (χ3n) is 3.42. The molecule has 2 heterocycles. The largest absolute Gasteiger partial charge is 0.441 e. The number of nitrogens with one attached hydrogen (secondary N) is 1. The van der Waals surface area contributed by atoms with Gasteiger partial charge < -0.3 is 9.73 Å². The molecule has 116 valence electrons. The summed E-state index contributed by atoms with van der Waals surface area (Å²) in [5, 5.41) is 2.81. The summed E-state index contributed by atoms with van der Waals surface area (Å²) in [6, 6.07) is 11.5. The number of nitrogens with zero attached hydrogens (tertiary/aromatic N) is 2. The van der Waals surface area contributed by atoms with Gasteiger partial charge in [0.2, 0.25) is 5.91 Å². The fourth-order valence-electron chi connectivity index (χ4n) is 2.16. The normalized spacial score (nSPS) is 10.5. The summed E-state index contributed by atoms with van der Waals surface area (Å²) in [5.74, 6) is 1.20. The molecule has 23 heavy (non-hydrogen) atoms. The van der Waals surface area contributed by atoms with Gasteiger partial charge in [-0.2, -0.15) is 0 Å². The summed E-state index contributed by atoms with van der Waals surface area (Å²) in [4.78, 5) is 20.0. The van der Waals surface area contributed by atoms with Crippen molar-refractivity contribution in [3.05, 3.63) is 66.4 Å². The van der Waals surface area contributed by atoms with Gasteiger partial charge in [-0.15, -0.1) is 0 Å². The number of rotatable bonds is 5. The first kappa shape index (κ1) is 15.0. The minimum atomic E-state index is -0.0775. The molecule has 1 N–H and O–H groups in total. The molecule has 0 bridgehead atoms. The Labute approximate surface area is 134 Å². The molecular formula is C18H17N3O2. The molecule has 0 unspecified atom stereocenters. The van der Waals surface area contributed by atoms with Crippen molar-refractivity contribution in [3.63, 3.8) is 0 Å². The third-order valence-corrected chi connectivity index (χ3v) is 3.42. The number of aryl methyl sites for hydroxylation is 2. The van der Waals surface area contributed by atoms with Gasteiger partial charge in [0.1, 0.15) is 0 Å². The van der Waals surface area contributed by atoms with E-state index in [1.165, 1.54) is 5.56 Å². The summed E-state index contributed by atoms with van der Waals surface area (Å²) in [7, 11) is 0. The highest BCUT2D eigenvalue weighted by atomic mass is 16.4. The molecule has 1 aromatic carbocycles. The van der Waals surface area contributed by atoms with Gasteiger partial charge in [-0.05, 0) is 19.1 Å². The number of carbonyl (C=O) groups excluding carboxylic acids is 1. The van der Waals surface area contributed by atoms with Gasteiger partial charge >= 0.3 is 0 Å². The Morgan fingerprint density at radius 2 is 1.87 bits per heavy atom. The van der Waals surface area contributed by atoms with Crippen molar-refractivity contribution in [2.45, 2.75) is 19.8 Å². The fraction of sp³-hybridized carbons (Fsp3) is 0.167. The number of oxazole rings is 1. The fourth-order valence-corrected chi connectivity index (χ4v) is 2.16. The number of hydrogen-bond donors (Lipinski definition) is 1. The molecule has 0 aliphatic rings. The second-order valence-electron chi connectivity index (χ2n) is 5.27. The zero-order chi connectivity index (χ0) is 16.1. The molecule has 1 amide bonds. The van der Waals surface area contributed by atoms with Crippen LogP contribution in [0, 0.1) is 6.92 Å². The molecule has 0 radical (unpaired) electrons. The predicted molar refractivity (Wildman–Crippen MR) is 87.9 cm³/mol. The summed E-state index contributed by atoms with van der Waals surface area (Å²) >= 11 is 0. The highest BCUT2D eigenvalue weighted by Crippen LogP contribution is 2.21. The monoisotopic (exact) mass is 307 g/mol. The van der Waals surface area contributed by atoms with Crippen molar-refractivity contribution in [1.82, 2.24) is 9.97 Å². The number of benzene rings is 1. The minimum absolute atomic E-state index is 0.0775. The highest BCUT2D eigenvalue weighted by molar-refractivity contribution is 5.90. The quantitative estimate of drug-likeness (QED) is 0.781. The average molecular weight is 307 g/mol. The van der Waals surface area contributed by atoms with Crippen molar-refractivity contribution < 1.29 is 9.21 Å². The lowest BCUT2D eigenvalue weighted by molar-refractivity contribution is -0.116. The standard InChI is InChI=1S/C18H17N3O2/c1-13-2-4-14(5-3-13)16-12-20-18(23-16)7-6-17(22)21-15-8-10-19-11-9-15/h2-5,8-12H,6-7H2,1H3,(H,19,21,22). The van der Waals surface area contributed by atoms with E-state index in [0.717, 1.165) is 17.0 Å². The van der Waals surface area contributed by atoms with E-state index in [0.29, 0.717) is 18.7 Å². The molecule has 5 nitrogen and oxygen atoms in total. The molecule has 0 fully saturated rings. The lowest BCUT2D eigenvalue weighted by Crippen LogP contribution is -2.12. The summed E-state index contributed by atoms with van der Waals surface area (Å²) in [6.07, 6.45) is 5.74. The smallest absolute Gasteiger partial charge is 0.224 e. The van der Waals surface area contributed by atoms with E-state index in [2.05, 4.69) is 15.3 Å². The summed E-state index contributed by atoms with van der Waals surface area (Å²) in [5.41, 5.74) is 2.91. The molecule has 2 aromatic heterocycles. The van der Waals surface area contributed by atoms with Crippen LogP contribution in [0.25, 0.3) is 11.3 Å². The number of hydrogen-bond acceptors (Lipinski definition) is 4. The van der Waals surface area contributed by atoms with Crippen molar-refractivity contribution in [2.24, 2.45) is 0 Å². The molecule has 0 saturated heterocycles. The molecule has 0 spiro atoms. The number of carbonyl (C=O) groups is 1. The number of amides is 1. The third kappa shape index (κ3) is 4.03. The van der Waals surface area contributed by atoms with Crippen molar-refractivity contribution in [1.29, 1.82) is 0 Å². The number of pyridine rings is 1. The van der Waals surface area contributed by atoms with Crippen LogP contribution in [0.5, 0.6) is 0 Å². The van der Waals surface area contributed by atoms with Crippen LogP contribution in [0.1, 0.15) is 17.9 Å². The SMILES string of the molecule is Cc1ccc(-c2cnc(CCC(=O)Nc3ccncc3)o2)cc1. The van der Waals surface area contributed by atoms with E-state index in [9.17, 15) is 4.79 Å². The number of aromatic nitrogens is 2. The molecule has 0 saturated carbocycles. The van der Waals surface area contributed by atoms with Crippen molar-refractivity contribution >= 4 is 11.6 Å². The first-order valence-corrected chi connectivity index (χ1v) is 7.42. The van der Waals surface area contributed by atoms with Gasteiger partial charge in [0.05, 0.1) is 6.20 Å².